The molecule has 0 aliphatic heterocycles. The molecule has 0 atom stereocenters. The summed E-state index contributed by atoms with van der Waals surface area (Å²) in [6.45, 7) is -0.0835. The minimum Gasteiger partial charge on any atom is -0.479 e. The summed E-state index contributed by atoms with van der Waals surface area (Å²) in [5, 5.41) is 21.9. The van der Waals surface area contributed by atoms with Gasteiger partial charge in [0.2, 0.25) is 0 Å². The highest BCUT2D eigenvalue weighted by atomic mass is 16.6. The molecule has 22 heavy (non-hydrogen) atoms. The number of ether oxygens (including phenoxy) is 1. The number of nitro groups is 1. The number of carbonyl (C=O) groups is 1. The van der Waals surface area contributed by atoms with Crippen molar-refractivity contribution < 1.29 is 24.0 Å². The highest BCUT2D eigenvalue weighted by molar-refractivity contribution is 5.91. The maximum Gasteiger partial charge on any atom is 0.310 e. The van der Waals surface area contributed by atoms with Crippen molar-refractivity contribution in [1.82, 2.24) is 5.32 Å². The Morgan fingerprint density at radius 3 is 2.82 bits per heavy atom. The van der Waals surface area contributed by atoms with E-state index in [9.17, 15) is 14.9 Å². The molecular weight excluding hydrogens is 292 g/mol. The van der Waals surface area contributed by atoms with E-state index in [1.165, 1.54) is 18.2 Å². The normalized spacial score (nSPS) is 10.2. The van der Waals surface area contributed by atoms with Crippen LogP contribution in [0.5, 0.6) is 5.75 Å². The number of hydrogen-bond acceptors (Lipinski definition) is 6. The quantitative estimate of drug-likeness (QED) is 0.591. The highest BCUT2D eigenvalue weighted by Gasteiger charge is 2.15. The predicted octanol–water partition coefficient (Wildman–Crippen LogP) is 1.49. The molecule has 116 valence electrons. The summed E-state index contributed by atoms with van der Waals surface area (Å²) in [7, 11) is 0. The molecule has 0 saturated heterocycles. The summed E-state index contributed by atoms with van der Waals surface area (Å²) in [5.41, 5.74) is -0.144. The second kappa shape index (κ2) is 7.23. The summed E-state index contributed by atoms with van der Waals surface area (Å²) in [6.07, 6.45) is 0. The Hall–Kier alpha value is -2.87. The summed E-state index contributed by atoms with van der Waals surface area (Å²) in [6, 6.07) is 8.99. The molecule has 1 amide bonds. The minimum absolute atomic E-state index is 0.0435. The van der Waals surface area contributed by atoms with Crippen LogP contribution in [-0.4, -0.2) is 29.1 Å². The van der Waals surface area contributed by atoms with Crippen molar-refractivity contribution in [2.75, 3.05) is 13.2 Å². The summed E-state index contributed by atoms with van der Waals surface area (Å²) in [5.74, 6) is 0.100. The van der Waals surface area contributed by atoms with E-state index in [0.717, 1.165) is 0 Å². The van der Waals surface area contributed by atoms with E-state index in [1.54, 1.807) is 18.2 Å². The number of carbonyl (C=O) groups excluding carboxylic acids is 1. The van der Waals surface area contributed by atoms with Crippen LogP contribution in [0.3, 0.4) is 0 Å². The minimum atomic E-state index is -0.536. The summed E-state index contributed by atoms with van der Waals surface area (Å²) >= 11 is 0. The van der Waals surface area contributed by atoms with Gasteiger partial charge in [0.05, 0.1) is 11.5 Å². The first-order valence-electron chi connectivity index (χ1n) is 6.46. The molecule has 0 fully saturated rings. The van der Waals surface area contributed by atoms with Crippen molar-refractivity contribution in [1.29, 1.82) is 0 Å². The topological polar surface area (TPSA) is 115 Å². The van der Waals surface area contributed by atoms with E-state index in [2.05, 4.69) is 5.32 Å². The summed E-state index contributed by atoms with van der Waals surface area (Å²) in [4.78, 5) is 21.9. The van der Waals surface area contributed by atoms with Gasteiger partial charge in [-0.3, -0.25) is 14.9 Å². The van der Waals surface area contributed by atoms with Gasteiger partial charge < -0.3 is 19.6 Å². The largest absolute Gasteiger partial charge is 0.479 e. The number of benzene rings is 1. The third-order valence-corrected chi connectivity index (χ3v) is 2.71. The number of furan rings is 1. The van der Waals surface area contributed by atoms with Crippen LogP contribution in [0.2, 0.25) is 0 Å². The third-order valence-electron chi connectivity index (χ3n) is 2.71. The molecule has 1 aromatic carbocycles. The number of para-hydroxylation sites is 2. The monoisotopic (exact) mass is 306 g/mol. The van der Waals surface area contributed by atoms with Gasteiger partial charge in [-0.05, 0) is 18.2 Å². The van der Waals surface area contributed by atoms with Gasteiger partial charge in [0, 0.05) is 12.6 Å². The average Bonchev–Trinajstić information content (AvgIpc) is 2.99. The lowest BCUT2D eigenvalue weighted by molar-refractivity contribution is -0.386. The van der Waals surface area contributed by atoms with Gasteiger partial charge >= 0.3 is 5.69 Å². The van der Waals surface area contributed by atoms with Crippen LogP contribution in [0, 0.1) is 10.1 Å². The molecule has 0 aliphatic carbocycles. The lowest BCUT2D eigenvalue weighted by atomic mass is 10.3. The Labute approximate surface area is 125 Å². The van der Waals surface area contributed by atoms with Gasteiger partial charge in [-0.1, -0.05) is 12.1 Å². The molecule has 1 heterocycles. The van der Waals surface area contributed by atoms with E-state index in [-0.39, 0.29) is 37.0 Å². The van der Waals surface area contributed by atoms with Gasteiger partial charge in [-0.25, -0.2) is 0 Å². The second-order valence-electron chi connectivity index (χ2n) is 4.26. The van der Waals surface area contributed by atoms with Crippen molar-refractivity contribution in [2.45, 2.75) is 6.61 Å². The molecule has 0 spiro atoms. The second-order valence-corrected chi connectivity index (χ2v) is 4.26. The van der Waals surface area contributed by atoms with Crippen molar-refractivity contribution in [3.63, 3.8) is 0 Å². The van der Waals surface area contributed by atoms with Gasteiger partial charge in [0.15, 0.2) is 11.5 Å². The molecule has 0 unspecified atom stereocenters. The van der Waals surface area contributed by atoms with E-state index >= 15 is 0 Å². The van der Waals surface area contributed by atoms with Gasteiger partial charge in [-0.2, -0.15) is 0 Å². The van der Waals surface area contributed by atoms with E-state index in [0.29, 0.717) is 5.76 Å². The zero-order valence-electron chi connectivity index (χ0n) is 11.5. The van der Waals surface area contributed by atoms with Crippen molar-refractivity contribution in [2.24, 2.45) is 0 Å². The smallest absolute Gasteiger partial charge is 0.310 e. The Bertz CT molecular complexity index is 667. The molecular formula is C14H14N2O6. The van der Waals surface area contributed by atoms with Crippen LogP contribution < -0.4 is 10.1 Å². The van der Waals surface area contributed by atoms with Crippen molar-refractivity contribution in [3.05, 3.63) is 58.0 Å². The fourth-order valence-electron chi connectivity index (χ4n) is 1.71. The van der Waals surface area contributed by atoms with Crippen LogP contribution in [0.4, 0.5) is 5.69 Å². The van der Waals surface area contributed by atoms with Gasteiger partial charge in [0.25, 0.3) is 5.91 Å². The van der Waals surface area contributed by atoms with Crippen LogP contribution in [0.25, 0.3) is 0 Å². The van der Waals surface area contributed by atoms with Crippen molar-refractivity contribution >= 4 is 11.6 Å². The third kappa shape index (κ3) is 3.83. The van der Waals surface area contributed by atoms with Crippen LogP contribution in [0.15, 0.2) is 40.8 Å². The lowest BCUT2D eigenvalue weighted by Crippen LogP contribution is -2.25. The molecule has 0 radical (unpaired) electrons. The first kappa shape index (κ1) is 15.5. The zero-order valence-corrected chi connectivity index (χ0v) is 11.5. The highest BCUT2D eigenvalue weighted by Crippen LogP contribution is 2.26. The van der Waals surface area contributed by atoms with E-state index in [1.807, 2.05) is 0 Å². The molecule has 8 heteroatoms. The number of aliphatic hydroxyl groups is 1. The predicted molar refractivity (Wildman–Crippen MR) is 75.6 cm³/mol. The maximum atomic E-state index is 11.6. The fourth-order valence-corrected chi connectivity index (χ4v) is 1.71. The number of nitrogens with zero attached hydrogens (tertiary/aromatic N) is 1. The SMILES string of the molecule is O=C(NCCO)c1ccc(COc2ccccc2[N+](=O)[O-])o1. The first-order chi connectivity index (χ1) is 10.6. The average molecular weight is 306 g/mol. The number of amides is 1. The molecule has 8 nitrogen and oxygen atoms in total. The Morgan fingerprint density at radius 2 is 2.09 bits per heavy atom. The number of hydrogen-bond donors (Lipinski definition) is 2. The Morgan fingerprint density at radius 1 is 1.32 bits per heavy atom. The fraction of sp³-hybridized carbons (Fsp3) is 0.214. The number of nitro benzene ring substituents is 1. The standard InChI is InChI=1S/C14H14N2O6/c17-8-7-15-14(18)13-6-5-10(22-13)9-21-12-4-2-1-3-11(12)16(19)20/h1-6,17H,7-9H2,(H,15,18). The lowest BCUT2D eigenvalue weighted by Gasteiger charge is -2.04. The zero-order chi connectivity index (χ0) is 15.9. The van der Waals surface area contributed by atoms with Crippen LogP contribution in [0.1, 0.15) is 16.3 Å². The Balaban J connectivity index is 2.00. The number of rotatable bonds is 7. The summed E-state index contributed by atoms with van der Waals surface area (Å²) < 4.78 is 10.6. The first-order valence-corrected chi connectivity index (χ1v) is 6.46. The molecule has 0 saturated carbocycles. The van der Waals surface area contributed by atoms with Gasteiger partial charge in [-0.15, -0.1) is 0 Å². The van der Waals surface area contributed by atoms with E-state index < -0.39 is 10.8 Å². The van der Waals surface area contributed by atoms with E-state index in [4.69, 9.17) is 14.3 Å². The van der Waals surface area contributed by atoms with Crippen molar-refractivity contribution in [3.8, 4) is 5.75 Å². The maximum absolute atomic E-state index is 11.6. The molecule has 2 N–H and O–H groups in total. The van der Waals surface area contributed by atoms with Gasteiger partial charge in [0.1, 0.15) is 12.4 Å². The number of aliphatic hydroxyl groups excluding tert-OH is 1. The molecule has 0 bridgehead atoms. The van der Waals surface area contributed by atoms with Crippen LogP contribution in [-0.2, 0) is 6.61 Å². The molecule has 2 rings (SSSR count). The molecule has 1 aromatic heterocycles. The molecule has 2 aromatic rings. The number of nitrogens with one attached hydrogen (secondary N) is 1. The Kier molecular flexibility index (Phi) is 5.10. The van der Waals surface area contributed by atoms with Crippen LogP contribution >= 0.6 is 0 Å². The molecule has 0 aliphatic rings.